The van der Waals surface area contributed by atoms with Gasteiger partial charge in [0.2, 0.25) is 5.78 Å². The number of ketones is 1. The number of aliphatic hydroxyl groups excluding tert-OH is 4. The van der Waals surface area contributed by atoms with E-state index >= 15 is 0 Å². The predicted octanol–water partition coefficient (Wildman–Crippen LogP) is -0.451. The molecule has 4 rings (SSSR count). The van der Waals surface area contributed by atoms with Crippen molar-refractivity contribution in [2.24, 2.45) is 0 Å². The van der Waals surface area contributed by atoms with Crippen LogP contribution in [0, 0.1) is 0 Å². The zero-order valence-corrected chi connectivity index (χ0v) is 16.0. The highest BCUT2D eigenvalue weighted by atomic mass is 16.6. The average Bonchev–Trinajstić information content (AvgIpc) is 3.36. The van der Waals surface area contributed by atoms with E-state index in [0.717, 1.165) is 0 Å². The lowest BCUT2D eigenvalue weighted by Crippen LogP contribution is -2.58. The Bertz CT molecular complexity index is 926. The molecule has 9 nitrogen and oxygen atoms in total. The summed E-state index contributed by atoms with van der Waals surface area (Å²) >= 11 is 0. The minimum Gasteiger partial charge on any atom is -0.462 e. The highest BCUT2D eigenvalue weighted by molar-refractivity contribution is 6.08. The van der Waals surface area contributed by atoms with Crippen LogP contribution in [0.4, 0.5) is 0 Å². The van der Waals surface area contributed by atoms with E-state index in [1.807, 2.05) is 6.07 Å². The maximum Gasteiger partial charge on any atom is 0.315 e. The van der Waals surface area contributed by atoms with Crippen LogP contribution >= 0.6 is 0 Å². The fourth-order valence-corrected chi connectivity index (χ4v) is 3.95. The van der Waals surface area contributed by atoms with Crippen LogP contribution in [0.15, 0.2) is 42.5 Å². The molecule has 1 aromatic carbocycles. The van der Waals surface area contributed by atoms with Crippen molar-refractivity contribution in [1.29, 1.82) is 0 Å². The van der Waals surface area contributed by atoms with Crippen LogP contribution in [0.1, 0.15) is 34.1 Å². The zero-order chi connectivity index (χ0) is 21.4. The Morgan fingerprint density at radius 2 is 1.73 bits per heavy atom. The monoisotopic (exact) mass is 417 g/mol. The molecule has 1 aromatic heterocycles. The average molecular weight is 417 g/mol. The second-order valence-electron chi connectivity index (χ2n) is 7.50. The molecule has 0 bridgehead atoms. The number of hydrogen-bond acceptors (Lipinski definition) is 8. The smallest absolute Gasteiger partial charge is 0.315 e. The molecule has 3 heterocycles. The van der Waals surface area contributed by atoms with Crippen LogP contribution in [-0.4, -0.2) is 74.1 Å². The summed E-state index contributed by atoms with van der Waals surface area (Å²) in [7, 11) is 0. The Balaban J connectivity index is 1.42. The Hall–Kier alpha value is -2.56. The third-order valence-corrected chi connectivity index (χ3v) is 5.64. The summed E-state index contributed by atoms with van der Waals surface area (Å²) in [6, 6.07) is 12.3. The largest absolute Gasteiger partial charge is 0.462 e. The van der Waals surface area contributed by atoms with Gasteiger partial charge in [-0.1, -0.05) is 30.3 Å². The number of nitrogens with zero attached hydrogens (tertiary/aromatic N) is 1. The summed E-state index contributed by atoms with van der Waals surface area (Å²) < 4.78 is 12.1. The standard InChI is InChI=1S/C21H23NO8/c23-16(11-4-2-1-3-5-11)14-7-6-13-12(8-9-22(13)14)20(27)29-10-15-17(24)18(25)19(26)21(28)30-15/h1-7,12,15,17-19,21,24-26,28H,8-10H2/t12-,15?,17-,18?,19?,21-/m0/s1. The quantitative estimate of drug-likeness (QED) is 0.379. The van der Waals surface area contributed by atoms with Gasteiger partial charge in [-0.2, -0.15) is 0 Å². The molecule has 3 unspecified atom stereocenters. The molecular weight excluding hydrogens is 394 g/mol. The van der Waals surface area contributed by atoms with Gasteiger partial charge in [0.1, 0.15) is 31.0 Å². The van der Waals surface area contributed by atoms with E-state index in [9.17, 15) is 30.0 Å². The minimum atomic E-state index is -1.69. The number of esters is 1. The van der Waals surface area contributed by atoms with Gasteiger partial charge >= 0.3 is 5.97 Å². The molecule has 4 N–H and O–H groups in total. The van der Waals surface area contributed by atoms with Gasteiger partial charge in [-0.05, 0) is 18.6 Å². The summed E-state index contributed by atoms with van der Waals surface area (Å²) in [5, 5.41) is 38.8. The predicted molar refractivity (Wildman–Crippen MR) is 102 cm³/mol. The minimum absolute atomic E-state index is 0.129. The van der Waals surface area contributed by atoms with Crippen molar-refractivity contribution in [3.8, 4) is 0 Å². The molecule has 1 saturated heterocycles. The summed E-state index contributed by atoms with van der Waals surface area (Å²) in [6.07, 6.45) is -7.19. The summed E-state index contributed by atoms with van der Waals surface area (Å²) in [6.45, 7) is 0.0933. The Labute approximate surface area is 172 Å². The maximum absolute atomic E-state index is 12.8. The molecule has 0 aliphatic carbocycles. The number of carbonyl (C=O) groups excluding carboxylic acids is 2. The molecule has 2 aliphatic heterocycles. The van der Waals surface area contributed by atoms with Crippen LogP contribution in [0.5, 0.6) is 0 Å². The number of benzene rings is 1. The molecular formula is C21H23NO8. The molecule has 0 spiro atoms. The normalized spacial score (nSPS) is 30.7. The number of aliphatic hydroxyl groups is 4. The molecule has 6 atom stereocenters. The van der Waals surface area contributed by atoms with Gasteiger partial charge in [0.15, 0.2) is 6.29 Å². The topological polar surface area (TPSA) is 138 Å². The lowest BCUT2D eigenvalue weighted by Gasteiger charge is -2.37. The number of ether oxygens (including phenoxy) is 2. The van der Waals surface area contributed by atoms with Crippen molar-refractivity contribution >= 4 is 11.8 Å². The van der Waals surface area contributed by atoms with Gasteiger partial charge in [-0.25, -0.2) is 0 Å². The van der Waals surface area contributed by atoms with Crippen LogP contribution < -0.4 is 0 Å². The fourth-order valence-electron chi connectivity index (χ4n) is 3.95. The lowest BCUT2D eigenvalue weighted by molar-refractivity contribution is -0.287. The van der Waals surface area contributed by atoms with Crippen LogP contribution in [0.2, 0.25) is 0 Å². The van der Waals surface area contributed by atoms with Gasteiger partial charge in [0.05, 0.1) is 11.6 Å². The van der Waals surface area contributed by atoms with E-state index in [1.54, 1.807) is 41.0 Å². The molecule has 2 aliphatic rings. The Kier molecular flexibility index (Phi) is 5.72. The second kappa shape index (κ2) is 8.29. The second-order valence-corrected chi connectivity index (χ2v) is 7.50. The first-order valence-corrected chi connectivity index (χ1v) is 9.72. The van der Waals surface area contributed by atoms with Crippen molar-refractivity contribution in [2.75, 3.05) is 6.61 Å². The van der Waals surface area contributed by atoms with E-state index in [1.165, 1.54) is 0 Å². The van der Waals surface area contributed by atoms with Crippen molar-refractivity contribution in [3.63, 3.8) is 0 Å². The molecule has 160 valence electrons. The molecule has 0 radical (unpaired) electrons. The molecule has 0 saturated carbocycles. The first kappa shape index (κ1) is 20.7. The summed E-state index contributed by atoms with van der Waals surface area (Å²) in [4.78, 5) is 25.4. The number of carbonyl (C=O) groups is 2. The van der Waals surface area contributed by atoms with Gasteiger partial charge in [0.25, 0.3) is 0 Å². The van der Waals surface area contributed by atoms with E-state index in [2.05, 4.69) is 0 Å². The number of aromatic nitrogens is 1. The Morgan fingerprint density at radius 1 is 1.00 bits per heavy atom. The summed E-state index contributed by atoms with van der Waals surface area (Å²) in [5.74, 6) is -1.27. The molecule has 30 heavy (non-hydrogen) atoms. The maximum atomic E-state index is 12.8. The Morgan fingerprint density at radius 3 is 2.47 bits per heavy atom. The number of fused-ring (bicyclic) bond motifs is 1. The number of rotatable bonds is 5. The molecule has 1 fully saturated rings. The SMILES string of the molecule is O=C(c1ccccc1)c1ccc2n1CC[C@@H]2C(=O)OCC1O[C@H](O)C(O)C(O)[C@H]1O. The number of hydrogen-bond donors (Lipinski definition) is 4. The lowest BCUT2D eigenvalue weighted by atomic mass is 9.99. The third-order valence-electron chi connectivity index (χ3n) is 5.64. The molecule has 2 aromatic rings. The van der Waals surface area contributed by atoms with E-state index in [0.29, 0.717) is 29.9 Å². The van der Waals surface area contributed by atoms with Gasteiger partial charge < -0.3 is 34.5 Å². The van der Waals surface area contributed by atoms with E-state index in [4.69, 9.17) is 9.47 Å². The zero-order valence-electron chi connectivity index (χ0n) is 16.0. The highest BCUT2D eigenvalue weighted by Gasteiger charge is 2.44. The van der Waals surface area contributed by atoms with Crippen molar-refractivity contribution in [1.82, 2.24) is 4.57 Å². The van der Waals surface area contributed by atoms with Gasteiger partial charge in [0, 0.05) is 17.8 Å². The van der Waals surface area contributed by atoms with E-state index in [-0.39, 0.29) is 5.78 Å². The van der Waals surface area contributed by atoms with Gasteiger partial charge in [-0.15, -0.1) is 0 Å². The van der Waals surface area contributed by atoms with Crippen LogP contribution in [0.25, 0.3) is 0 Å². The fraction of sp³-hybridized carbons (Fsp3) is 0.429. The highest BCUT2D eigenvalue weighted by Crippen LogP contribution is 2.32. The summed E-state index contributed by atoms with van der Waals surface area (Å²) in [5.41, 5.74) is 1.73. The van der Waals surface area contributed by atoms with E-state index < -0.39 is 49.2 Å². The van der Waals surface area contributed by atoms with Crippen molar-refractivity contribution in [3.05, 3.63) is 59.4 Å². The van der Waals surface area contributed by atoms with Crippen molar-refractivity contribution in [2.45, 2.75) is 49.6 Å². The first-order valence-electron chi connectivity index (χ1n) is 9.72. The van der Waals surface area contributed by atoms with Crippen LogP contribution in [0.3, 0.4) is 0 Å². The van der Waals surface area contributed by atoms with Crippen molar-refractivity contribution < 1.29 is 39.5 Å². The molecule has 0 amide bonds. The van der Waals surface area contributed by atoms with Crippen LogP contribution in [-0.2, 0) is 20.8 Å². The molecule has 9 heteroatoms. The first-order chi connectivity index (χ1) is 14.4. The third kappa shape index (κ3) is 3.66. The van der Waals surface area contributed by atoms with Gasteiger partial charge in [-0.3, -0.25) is 9.59 Å².